The smallest absolute Gasteiger partial charge is 0.258 e. The highest BCUT2D eigenvalue weighted by atomic mass is 16.6. The first-order valence-corrected chi connectivity index (χ1v) is 8.05. The van der Waals surface area contributed by atoms with Crippen LogP contribution in [-0.4, -0.2) is 30.6 Å². The molecule has 24 heavy (non-hydrogen) atoms. The van der Waals surface area contributed by atoms with Gasteiger partial charge in [-0.15, -0.1) is 0 Å². The highest BCUT2D eigenvalue weighted by molar-refractivity contribution is 6.07. The van der Waals surface area contributed by atoms with Crippen molar-refractivity contribution in [3.63, 3.8) is 0 Å². The average molecular weight is 322 g/mol. The van der Waals surface area contributed by atoms with Crippen molar-refractivity contribution in [1.82, 2.24) is 4.98 Å². The zero-order valence-corrected chi connectivity index (χ0v) is 13.4. The summed E-state index contributed by atoms with van der Waals surface area (Å²) in [6.45, 7) is 3.60. The number of hydrogen-bond acceptors (Lipinski definition) is 3. The first kappa shape index (κ1) is 14.6. The molecule has 1 aliphatic heterocycles. The number of ether oxygens (including phenoxy) is 2. The van der Waals surface area contributed by atoms with Gasteiger partial charge in [-0.2, -0.15) is 0 Å². The van der Waals surface area contributed by atoms with Gasteiger partial charge in [-0.3, -0.25) is 4.79 Å². The van der Waals surface area contributed by atoms with Gasteiger partial charge in [0.1, 0.15) is 13.2 Å². The zero-order chi connectivity index (χ0) is 16.5. The molecule has 1 N–H and O–H groups in total. The van der Waals surface area contributed by atoms with Gasteiger partial charge in [0.15, 0.2) is 11.5 Å². The second kappa shape index (κ2) is 5.92. The molecule has 0 fully saturated rings. The van der Waals surface area contributed by atoms with Crippen LogP contribution in [0.15, 0.2) is 48.7 Å². The third-order valence-corrected chi connectivity index (χ3v) is 4.20. The molecule has 3 aromatic rings. The molecule has 0 spiro atoms. The first-order valence-electron chi connectivity index (χ1n) is 8.05. The van der Waals surface area contributed by atoms with Crippen LogP contribution in [0.2, 0.25) is 0 Å². The van der Waals surface area contributed by atoms with Crippen molar-refractivity contribution in [3.8, 4) is 11.5 Å². The Hall–Kier alpha value is -2.95. The monoisotopic (exact) mass is 322 g/mol. The largest absolute Gasteiger partial charge is 0.486 e. The Morgan fingerprint density at radius 2 is 1.92 bits per heavy atom. The SMILES string of the molecule is CCN(C(=O)c1ccc2c(c1)OCCO2)c1ccc2[nH]ccc2c1. The van der Waals surface area contributed by atoms with E-state index >= 15 is 0 Å². The van der Waals surface area contributed by atoms with Crippen LogP contribution in [0.4, 0.5) is 5.69 Å². The summed E-state index contributed by atoms with van der Waals surface area (Å²) < 4.78 is 11.1. The number of H-pyrrole nitrogens is 1. The summed E-state index contributed by atoms with van der Waals surface area (Å²) in [7, 11) is 0. The fraction of sp³-hybridized carbons (Fsp3) is 0.211. The van der Waals surface area contributed by atoms with Crippen LogP contribution >= 0.6 is 0 Å². The first-order chi connectivity index (χ1) is 11.8. The minimum atomic E-state index is -0.0515. The lowest BCUT2D eigenvalue weighted by molar-refractivity contribution is 0.0987. The predicted octanol–water partition coefficient (Wildman–Crippen LogP) is 3.61. The normalized spacial score (nSPS) is 13.0. The van der Waals surface area contributed by atoms with E-state index in [4.69, 9.17) is 9.47 Å². The molecule has 0 saturated carbocycles. The standard InChI is InChI=1S/C19H18N2O3/c1-2-21(15-4-5-16-13(11-15)7-8-20-16)19(22)14-3-6-17-18(12-14)24-10-9-23-17/h3-8,11-12,20H,2,9-10H2,1H3. The third-order valence-electron chi connectivity index (χ3n) is 4.20. The van der Waals surface area contributed by atoms with Crippen molar-refractivity contribution < 1.29 is 14.3 Å². The van der Waals surface area contributed by atoms with Gasteiger partial charge >= 0.3 is 0 Å². The molecule has 0 atom stereocenters. The number of amides is 1. The lowest BCUT2D eigenvalue weighted by atomic mass is 10.1. The fourth-order valence-corrected chi connectivity index (χ4v) is 2.98. The molecule has 0 unspecified atom stereocenters. The zero-order valence-electron chi connectivity index (χ0n) is 13.4. The Bertz CT molecular complexity index is 901. The molecular weight excluding hydrogens is 304 g/mol. The van der Waals surface area contributed by atoms with Crippen LogP contribution in [-0.2, 0) is 0 Å². The van der Waals surface area contributed by atoms with Crippen molar-refractivity contribution in [2.75, 3.05) is 24.7 Å². The summed E-state index contributed by atoms with van der Waals surface area (Å²) in [6, 6.07) is 13.3. The minimum absolute atomic E-state index is 0.0515. The number of carbonyl (C=O) groups excluding carboxylic acids is 1. The van der Waals surface area contributed by atoms with E-state index in [9.17, 15) is 4.79 Å². The molecule has 1 aromatic heterocycles. The highest BCUT2D eigenvalue weighted by Gasteiger charge is 2.20. The summed E-state index contributed by atoms with van der Waals surface area (Å²) in [5.74, 6) is 1.27. The number of hydrogen-bond donors (Lipinski definition) is 1. The van der Waals surface area contributed by atoms with Crippen LogP contribution in [0.3, 0.4) is 0 Å². The Morgan fingerprint density at radius 1 is 1.08 bits per heavy atom. The van der Waals surface area contributed by atoms with Crippen molar-refractivity contribution in [2.45, 2.75) is 6.92 Å². The summed E-state index contributed by atoms with van der Waals surface area (Å²) in [4.78, 5) is 17.9. The molecular formula is C19H18N2O3. The van der Waals surface area contributed by atoms with Crippen molar-refractivity contribution in [2.24, 2.45) is 0 Å². The maximum Gasteiger partial charge on any atom is 0.258 e. The van der Waals surface area contributed by atoms with E-state index in [0.29, 0.717) is 36.8 Å². The maximum absolute atomic E-state index is 13.0. The third kappa shape index (κ3) is 2.48. The van der Waals surface area contributed by atoms with Gasteiger partial charge < -0.3 is 19.4 Å². The second-order valence-electron chi connectivity index (χ2n) is 5.66. The lowest BCUT2D eigenvalue weighted by Gasteiger charge is -2.23. The molecule has 5 heteroatoms. The van der Waals surface area contributed by atoms with Gasteiger partial charge in [-0.25, -0.2) is 0 Å². The molecule has 4 rings (SSSR count). The summed E-state index contributed by atoms with van der Waals surface area (Å²) in [5.41, 5.74) is 2.53. The number of anilines is 1. The van der Waals surface area contributed by atoms with E-state index in [1.807, 2.05) is 37.4 Å². The highest BCUT2D eigenvalue weighted by Crippen LogP contribution is 2.32. The van der Waals surface area contributed by atoms with Crippen molar-refractivity contribution in [3.05, 3.63) is 54.2 Å². The van der Waals surface area contributed by atoms with Gasteiger partial charge in [0.2, 0.25) is 0 Å². The number of rotatable bonds is 3. The molecule has 122 valence electrons. The molecule has 2 heterocycles. The van der Waals surface area contributed by atoms with Crippen LogP contribution in [0, 0.1) is 0 Å². The van der Waals surface area contributed by atoms with E-state index in [2.05, 4.69) is 4.98 Å². The topological polar surface area (TPSA) is 54.6 Å². The number of nitrogens with zero attached hydrogens (tertiary/aromatic N) is 1. The van der Waals surface area contributed by atoms with E-state index in [1.54, 1.807) is 23.1 Å². The van der Waals surface area contributed by atoms with Crippen LogP contribution in [0.1, 0.15) is 17.3 Å². The lowest BCUT2D eigenvalue weighted by Crippen LogP contribution is -2.30. The minimum Gasteiger partial charge on any atom is -0.486 e. The van der Waals surface area contributed by atoms with E-state index in [-0.39, 0.29) is 5.91 Å². The predicted molar refractivity (Wildman–Crippen MR) is 93.1 cm³/mol. The van der Waals surface area contributed by atoms with Gasteiger partial charge in [-0.05, 0) is 49.4 Å². The van der Waals surface area contributed by atoms with Gasteiger partial charge in [0, 0.05) is 34.9 Å². The molecule has 1 aliphatic rings. The molecule has 1 amide bonds. The number of aromatic amines is 1. The van der Waals surface area contributed by atoms with E-state index < -0.39 is 0 Å². The number of carbonyl (C=O) groups is 1. The summed E-state index contributed by atoms with van der Waals surface area (Å²) in [5, 5.41) is 1.08. The van der Waals surface area contributed by atoms with Gasteiger partial charge in [-0.1, -0.05) is 0 Å². The Kier molecular flexibility index (Phi) is 3.61. The van der Waals surface area contributed by atoms with E-state index in [1.165, 1.54) is 0 Å². The Morgan fingerprint density at radius 3 is 2.75 bits per heavy atom. The maximum atomic E-state index is 13.0. The summed E-state index contributed by atoms with van der Waals surface area (Å²) in [6.07, 6.45) is 1.90. The molecule has 5 nitrogen and oxygen atoms in total. The molecule has 0 aliphatic carbocycles. The quantitative estimate of drug-likeness (QED) is 0.801. The Balaban J connectivity index is 1.68. The van der Waals surface area contributed by atoms with Crippen molar-refractivity contribution in [1.29, 1.82) is 0 Å². The van der Waals surface area contributed by atoms with Crippen LogP contribution < -0.4 is 14.4 Å². The second-order valence-corrected chi connectivity index (χ2v) is 5.66. The van der Waals surface area contributed by atoms with E-state index in [0.717, 1.165) is 16.6 Å². The van der Waals surface area contributed by atoms with Crippen LogP contribution in [0.5, 0.6) is 11.5 Å². The Labute approximate surface area is 139 Å². The fourth-order valence-electron chi connectivity index (χ4n) is 2.98. The number of aromatic nitrogens is 1. The number of nitrogens with one attached hydrogen (secondary N) is 1. The summed E-state index contributed by atoms with van der Waals surface area (Å²) >= 11 is 0. The molecule has 0 saturated heterocycles. The molecule has 2 aromatic carbocycles. The number of benzene rings is 2. The average Bonchev–Trinajstić information content (AvgIpc) is 3.09. The van der Waals surface area contributed by atoms with Crippen molar-refractivity contribution >= 4 is 22.5 Å². The van der Waals surface area contributed by atoms with Gasteiger partial charge in [0.25, 0.3) is 5.91 Å². The molecule has 0 radical (unpaired) electrons. The van der Waals surface area contributed by atoms with Crippen LogP contribution in [0.25, 0.3) is 10.9 Å². The van der Waals surface area contributed by atoms with Gasteiger partial charge in [0.05, 0.1) is 0 Å². The number of fused-ring (bicyclic) bond motifs is 2. The molecule has 0 bridgehead atoms.